The number of benzene rings is 2. The highest BCUT2D eigenvalue weighted by Gasteiger charge is 2.15. The van der Waals surface area contributed by atoms with Gasteiger partial charge in [-0.15, -0.1) is 0 Å². The van der Waals surface area contributed by atoms with Crippen molar-refractivity contribution in [2.75, 3.05) is 19.6 Å². The molecule has 4 rings (SSSR count). The van der Waals surface area contributed by atoms with Crippen LogP contribution in [0.3, 0.4) is 0 Å². The van der Waals surface area contributed by atoms with Crippen LogP contribution in [0.25, 0.3) is 21.8 Å². The van der Waals surface area contributed by atoms with Gasteiger partial charge in [-0.2, -0.15) is 14.9 Å². The van der Waals surface area contributed by atoms with E-state index in [9.17, 15) is 19.2 Å². The Kier molecular flexibility index (Phi) is 13.4. The lowest BCUT2D eigenvalue weighted by Crippen LogP contribution is -2.21. The summed E-state index contributed by atoms with van der Waals surface area (Å²) in [5, 5.41) is 11.4. The van der Waals surface area contributed by atoms with Crippen molar-refractivity contribution in [1.29, 1.82) is 0 Å². The molecular weight excluding hydrogens is 510 g/mol. The van der Waals surface area contributed by atoms with Crippen molar-refractivity contribution in [2.24, 2.45) is 11.5 Å². The topological polar surface area (TPSA) is 170 Å². The average Bonchev–Trinajstić information content (AvgIpc) is 3.48. The van der Waals surface area contributed by atoms with Crippen molar-refractivity contribution in [3.63, 3.8) is 0 Å². The molecule has 204 valence electrons. The molecule has 0 bridgehead atoms. The largest absolute Gasteiger partial charge is 0.364 e. The normalized spacial score (nSPS) is 9.97. The van der Waals surface area contributed by atoms with Gasteiger partial charge in [-0.1, -0.05) is 57.2 Å². The predicted octanol–water partition coefficient (Wildman–Crippen LogP) is 3.58. The van der Waals surface area contributed by atoms with Gasteiger partial charge in [-0.05, 0) is 43.4 Å². The minimum absolute atomic E-state index is 0.126. The number of aromatic nitrogens is 4. The van der Waals surface area contributed by atoms with Gasteiger partial charge in [0.05, 0.1) is 11.0 Å². The Morgan fingerprint density at radius 3 is 1.76 bits per heavy atom. The molecule has 0 spiro atoms. The minimum Gasteiger partial charge on any atom is -0.364 e. The van der Waals surface area contributed by atoms with E-state index in [-0.39, 0.29) is 16.8 Å². The number of nitrogens with two attached hydrogens (primary N) is 2. The summed E-state index contributed by atoms with van der Waals surface area (Å²) in [6.07, 6.45) is 0. The lowest BCUT2D eigenvalue weighted by atomic mass is 10.2. The van der Waals surface area contributed by atoms with Crippen LogP contribution in [-0.4, -0.2) is 67.5 Å². The Balaban J connectivity index is 0.000000281. The number of hydrogen-bond acceptors (Lipinski definition) is 7. The van der Waals surface area contributed by atoms with Crippen LogP contribution in [0.15, 0.2) is 48.5 Å². The van der Waals surface area contributed by atoms with E-state index >= 15 is 0 Å². The van der Waals surface area contributed by atoms with Crippen LogP contribution < -0.4 is 11.5 Å². The van der Waals surface area contributed by atoms with Gasteiger partial charge in [0, 0.05) is 24.6 Å². The number of halogens is 1. The van der Waals surface area contributed by atoms with E-state index in [0.29, 0.717) is 16.6 Å². The molecule has 2 aromatic carbocycles. The maximum Gasteiger partial charge on any atom is 0.269 e. The van der Waals surface area contributed by atoms with Crippen molar-refractivity contribution < 1.29 is 19.2 Å². The van der Waals surface area contributed by atoms with E-state index in [1.165, 1.54) is 38.2 Å². The number of aromatic amines is 1. The maximum atomic E-state index is 11.2. The lowest BCUT2D eigenvalue weighted by Gasteiger charge is -2.13. The van der Waals surface area contributed by atoms with E-state index in [1.807, 2.05) is 18.2 Å². The second-order valence-corrected chi connectivity index (χ2v) is 8.26. The molecule has 2 amide bonds. The smallest absolute Gasteiger partial charge is 0.269 e. The zero-order chi connectivity index (χ0) is 28.8. The van der Waals surface area contributed by atoms with Crippen LogP contribution in [0.5, 0.6) is 0 Å². The summed E-state index contributed by atoms with van der Waals surface area (Å²) in [6, 6.07) is 14.3. The molecule has 0 atom stereocenters. The first kappa shape index (κ1) is 31.9. The number of rotatable bonds is 5. The van der Waals surface area contributed by atoms with E-state index in [4.69, 9.17) is 11.5 Å². The molecule has 0 unspecified atom stereocenters. The Morgan fingerprint density at radius 2 is 1.32 bits per heavy atom. The Labute approximate surface area is 226 Å². The summed E-state index contributed by atoms with van der Waals surface area (Å²) >= 11 is 4.64. The Morgan fingerprint density at radius 1 is 0.842 bits per heavy atom. The predicted molar refractivity (Wildman–Crippen MR) is 149 cm³/mol. The summed E-state index contributed by atoms with van der Waals surface area (Å²) < 4.78 is 1.18. The average molecular weight is 544 g/mol. The fraction of sp³-hybridized carbons (Fsp3) is 0.308. The highest BCUT2D eigenvalue weighted by atomic mass is 35.5. The highest BCUT2D eigenvalue weighted by molar-refractivity contribution is 6.62. The second-order valence-electron chi connectivity index (χ2n) is 7.73. The third kappa shape index (κ3) is 9.41. The molecule has 0 saturated heterocycles. The first-order chi connectivity index (χ1) is 18.0. The Hall–Kier alpha value is -4.09. The molecule has 0 aliphatic carbocycles. The van der Waals surface area contributed by atoms with Gasteiger partial charge in [0.15, 0.2) is 11.4 Å². The van der Waals surface area contributed by atoms with Crippen LogP contribution in [0.1, 0.15) is 60.4 Å². The number of para-hydroxylation sites is 2. The zero-order valence-electron chi connectivity index (χ0n) is 22.2. The van der Waals surface area contributed by atoms with Gasteiger partial charge in [-0.25, -0.2) is 0 Å². The van der Waals surface area contributed by atoms with Gasteiger partial charge < -0.3 is 16.4 Å². The van der Waals surface area contributed by atoms with Gasteiger partial charge >= 0.3 is 0 Å². The molecule has 0 fully saturated rings. The van der Waals surface area contributed by atoms with Crippen LogP contribution in [0.4, 0.5) is 0 Å². The van der Waals surface area contributed by atoms with E-state index in [2.05, 4.69) is 52.6 Å². The number of nitrogens with one attached hydrogen (secondary N) is 1. The number of fused-ring (bicyclic) bond motifs is 2. The van der Waals surface area contributed by atoms with Crippen molar-refractivity contribution >= 4 is 56.4 Å². The molecule has 38 heavy (non-hydrogen) atoms. The molecular formula is C26H34ClN7O4. The first-order valence-electron chi connectivity index (χ1n) is 11.9. The molecule has 5 N–H and O–H groups in total. The Bertz CT molecular complexity index is 1320. The highest BCUT2D eigenvalue weighted by Crippen LogP contribution is 2.17. The SMILES string of the molecule is CC(=O)Cl.CC(=O)n1nc(C(N)=O)c2ccccc21.CCN(CC)CC.NC(=O)c1n[nH]c2ccccc12. The fourth-order valence-corrected chi connectivity index (χ4v) is 3.31. The van der Waals surface area contributed by atoms with Gasteiger partial charge in [0.2, 0.25) is 11.1 Å². The number of H-pyrrole nitrogens is 1. The van der Waals surface area contributed by atoms with Crippen LogP contribution in [-0.2, 0) is 4.79 Å². The molecule has 2 aromatic heterocycles. The van der Waals surface area contributed by atoms with E-state index in [1.54, 1.807) is 30.3 Å². The molecule has 0 aliphatic rings. The van der Waals surface area contributed by atoms with E-state index < -0.39 is 11.8 Å². The zero-order valence-corrected chi connectivity index (χ0v) is 23.0. The number of carbonyl (C=O) groups is 4. The number of primary amides is 2. The summed E-state index contributed by atoms with van der Waals surface area (Å²) in [7, 11) is 0. The van der Waals surface area contributed by atoms with Crippen LogP contribution in [0.2, 0.25) is 0 Å². The number of carbonyl (C=O) groups excluding carboxylic acids is 4. The summed E-state index contributed by atoms with van der Waals surface area (Å²) in [5.41, 5.74) is 12.1. The molecule has 4 aromatic rings. The second kappa shape index (κ2) is 15.9. The van der Waals surface area contributed by atoms with Crippen molar-refractivity contribution in [1.82, 2.24) is 24.9 Å². The van der Waals surface area contributed by atoms with Crippen molar-refractivity contribution in [3.8, 4) is 0 Å². The van der Waals surface area contributed by atoms with Crippen molar-refractivity contribution in [2.45, 2.75) is 34.6 Å². The summed E-state index contributed by atoms with van der Waals surface area (Å²) in [4.78, 5) is 44.7. The quantitative estimate of drug-likeness (QED) is 0.323. The molecule has 2 heterocycles. The third-order valence-corrected chi connectivity index (χ3v) is 5.16. The summed E-state index contributed by atoms with van der Waals surface area (Å²) in [6.45, 7) is 12.8. The third-order valence-electron chi connectivity index (χ3n) is 5.16. The number of hydrogen-bond donors (Lipinski definition) is 3. The standard InChI is InChI=1S/C10H9N3O2.C8H7N3O.C6H15N.C2H3ClO/c1-6(14)13-8-5-3-2-4-7(8)9(12-13)10(11)15;9-8(12)7-5-3-1-2-4-6(5)10-11-7;1-4-7(5-2)6-3;1-2(3)4/h2-5H,1H3,(H2,11,15);1-4H,(H2,9,12)(H,10,11);4-6H2,1-3H3;1H3. The van der Waals surface area contributed by atoms with Crippen LogP contribution in [0, 0.1) is 0 Å². The fourth-order valence-electron chi connectivity index (χ4n) is 3.31. The van der Waals surface area contributed by atoms with Gasteiger partial charge in [0.1, 0.15) is 0 Å². The van der Waals surface area contributed by atoms with Crippen LogP contribution >= 0.6 is 11.6 Å². The number of nitrogens with zero attached hydrogens (tertiary/aromatic N) is 4. The van der Waals surface area contributed by atoms with E-state index in [0.717, 1.165) is 10.9 Å². The van der Waals surface area contributed by atoms with Gasteiger partial charge in [0.25, 0.3) is 11.8 Å². The molecule has 0 radical (unpaired) electrons. The maximum absolute atomic E-state index is 11.2. The summed E-state index contributed by atoms with van der Waals surface area (Å²) in [5.74, 6) is -1.39. The molecule has 11 nitrogen and oxygen atoms in total. The molecule has 12 heteroatoms. The molecule has 0 saturated carbocycles. The number of amides is 2. The molecule has 0 aliphatic heterocycles. The minimum atomic E-state index is -0.633. The van der Waals surface area contributed by atoms with Crippen molar-refractivity contribution in [3.05, 3.63) is 59.9 Å². The lowest BCUT2D eigenvalue weighted by molar-refractivity contribution is -0.109. The first-order valence-corrected chi connectivity index (χ1v) is 12.3. The van der Waals surface area contributed by atoms with Gasteiger partial charge in [-0.3, -0.25) is 24.3 Å². The monoisotopic (exact) mass is 543 g/mol.